The zero-order valence-electron chi connectivity index (χ0n) is 31.9. The fraction of sp³-hybridized carbons (Fsp3) is 0.805. The van der Waals surface area contributed by atoms with Gasteiger partial charge in [-0.15, -0.1) is 11.6 Å². The van der Waals surface area contributed by atoms with Crippen LogP contribution in [-0.4, -0.2) is 69.4 Å². The highest BCUT2D eigenvalue weighted by atomic mass is 35.5. The fourth-order valence-electron chi connectivity index (χ4n) is 9.52. The summed E-state index contributed by atoms with van der Waals surface area (Å²) in [4.78, 5) is 56.4. The second-order valence-corrected chi connectivity index (χ2v) is 17.7. The molecule has 4 rings (SSSR count). The summed E-state index contributed by atoms with van der Waals surface area (Å²) in [6.07, 6.45) is 5.34. The molecule has 282 valence electrons. The number of rotatable bonds is 2. The molecule has 1 unspecified atom stereocenters. The van der Waals surface area contributed by atoms with Crippen molar-refractivity contribution in [2.24, 2.45) is 47.3 Å². The van der Waals surface area contributed by atoms with Crippen LogP contribution < -0.4 is 0 Å². The van der Waals surface area contributed by atoms with Gasteiger partial charge in [0.1, 0.15) is 17.3 Å². The zero-order valence-corrected chi connectivity index (χ0v) is 32.7. The third-order valence-corrected chi connectivity index (χ3v) is 13.5. The van der Waals surface area contributed by atoms with Gasteiger partial charge >= 0.3 is 5.97 Å². The van der Waals surface area contributed by atoms with E-state index in [0.717, 1.165) is 18.4 Å². The van der Waals surface area contributed by atoms with Crippen LogP contribution in [0.3, 0.4) is 0 Å². The van der Waals surface area contributed by atoms with Gasteiger partial charge in [0, 0.05) is 49.4 Å². The van der Waals surface area contributed by atoms with Crippen LogP contribution in [0.2, 0.25) is 0 Å². The Labute approximate surface area is 305 Å². The summed E-state index contributed by atoms with van der Waals surface area (Å²) in [6.45, 7) is 15.3. The topological polar surface area (TPSA) is 127 Å². The number of alkyl halides is 1. The van der Waals surface area contributed by atoms with Gasteiger partial charge in [-0.25, -0.2) is 0 Å². The summed E-state index contributed by atoms with van der Waals surface area (Å²) in [5, 5.41) is 23.8. The van der Waals surface area contributed by atoms with Gasteiger partial charge in [-0.3, -0.25) is 19.2 Å². The largest absolute Gasteiger partial charge is 0.469 e. The molecule has 1 saturated heterocycles. The molecule has 2 N–H and O–H groups in total. The van der Waals surface area contributed by atoms with E-state index in [1.54, 1.807) is 13.8 Å². The van der Waals surface area contributed by atoms with Gasteiger partial charge in [-0.2, -0.15) is 0 Å². The third kappa shape index (κ3) is 8.83. The highest BCUT2D eigenvalue weighted by molar-refractivity contribution is 6.21. The Hall–Kier alpha value is -1.87. The Morgan fingerprint density at radius 1 is 1.00 bits per heavy atom. The molecular formula is C41H63ClO8. The second-order valence-electron chi connectivity index (χ2n) is 17.2. The van der Waals surface area contributed by atoms with Gasteiger partial charge in [0.2, 0.25) is 0 Å². The van der Waals surface area contributed by atoms with E-state index in [4.69, 9.17) is 21.1 Å². The van der Waals surface area contributed by atoms with Crippen molar-refractivity contribution in [3.8, 4) is 0 Å². The molecule has 50 heavy (non-hydrogen) atoms. The van der Waals surface area contributed by atoms with Crippen molar-refractivity contribution < 1.29 is 38.9 Å². The van der Waals surface area contributed by atoms with E-state index in [1.165, 1.54) is 7.11 Å². The van der Waals surface area contributed by atoms with Crippen molar-refractivity contribution >= 4 is 34.9 Å². The number of methoxy groups -OCH3 is 1. The number of hydrogen-bond donors (Lipinski definition) is 2. The van der Waals surface area contributed by atoms with Crippen molar-refractivity contribution in [3.63, 3.8) is 0 Å². The average Bonchev–Trinajstić information content (AvgIpc) is 3.45. The first-order chi connectivity index (χ1) is 23.3. The van der Waals surface area contributed by atoms with E-state index in [-0.39, 0.29) is 66.2 Å². The highest BCUT2D eigenvalue weighted by Gasteiger charge is 2.53. The summed E-state index contributed by atoms with van der Waals surface area (Å²) in [6, 6.07) is 0. The Balaban J connectivity index is 1.94. The van der Waals surface area contributed by atoms with E-state index in [9.17, 15) is 29.4 Å². The second kappa shape index (κ2) is 16.4. The Bertz CT molecular complexity index is 1350. The normalized spacial score (nSPS) is 42.7. The molecule has 0 spiro atoms. The van der Waals surface area contributed by atoms with E-state index < -0.39 is 59.0 Å². The number of aliphatic hydroxyl groups is 2. The van der Waals surface area contributed by atoms with Gasteiger partial charge in [0.05, 0.1) is 41.8 Å². The number of ketones is 3. The Morgan fingerprint density at radius 3 is 2.32 bits per heavy atom. The quantitative estimate of drug-likeness (QED) is 0.173. The number of hydrogen-bond acceptors (Lipinski definition) is 8. The first-order valence-electron chi connectivity index (χ1n) is 19.1. The summed E-state index contributed by atoms with van der Waals surface area (Å²) < 4.78 is 11.8. The standard InChI is InChI=1S/C41H63ClO8/c1-22(2)27-19-30(43)25(5)12-10-11-23(3)18-32(45)38-28-17-24(4)13-14-34(42)41(8)16-15-35(50-41)40(7,48)21-33(46)36(28)26(6)37(39(47)49-9)29(38)20-31(27)44/h17,22-23,25,27-29,33-35,37-38,46,48H,10-16,18-21H2,1-9H3/b24-17+/t23-,25+,27-,28-,29?,33+,34-,35+,37-,38-,40-,41-/m0/s1. The van der Waals surface area contributed by atoms with Gasteiger partial charge in [-0.1, -0.05) is 57.8 Å². The number of Topliss-reactive ketones (excluding diaryl/α,β-unsaturated/α-hetero) is 3. The van der Waals surface area contributed by atoms with Gasteiger partial charge in [-0.05, 0) is 83.1 Å². The van der Waals surface area contributed by atoms with Gasteiger partial charge in [0.25, 0.3) is 0 Å². The molecule has 0 radical (unpaired) electrons. The number of carbonyl (C=O) groups is 4. The number of ether oxygens (including phenoxy) is 2. The minimum Gasteiger partial charge on any atom is -0.469 e. The lowest BCUT2D eigenvalue weighted by Gasteiger charge is -2.45. The van der Waals surface area contributed by atoms with Crippen LogP contribution in [0, 0.1) is 47.3 Å². The highest BCUT2D eigenvalue weighted by Crippen LogP contribution is 2.51. The SMILES string of the molecule is COC(=O)[C@H]1C(C)=C2[C@H](O)C[C@](C)(O)[C@H]3CC[C@](C)(O3)[C@@H](Cl)CC/C(C)=C/[C@@H]2[C@@H]2C(=O)C[C@@H](C)CCC[C@@H](C)C(=O)C[C@@H](C(C)C)C(=O)CC12. The maximum atomic E-state index is 14.8. The summed E-state index contributed by atoms with van der Waals surface area (Å²) in [7, 11) is 1.31. The molecule has 0 aromatic rings. The van der Waals surface area contributed by atoms with Crippen molar-refractivity contribution in [2.75, 3.05) is 7.11 Å². The van der Waals surface area contributed by atoms with Crippen LogP contribution in [-0.2, 0) is 28.7 Å². The first kappa shape index (κ1) is 40.9. The van der Waals surface area contributed by atoms with Crippen molar-refractivity contribution in [3.05, 3.63) is 22.8 Å². The van der Waals surface area contributed by atoms with Gasteiger partial charge < -0.3 is 19.7 Å². The summed E-state index contributed by atoms with van der Waals surface area (Å²) in [5.74, 6) is -4.55. The molecule has 4 aliphatic rings. The third-order valence-electron chi connectivity index (χ3n) is 12.8. The van der Waals surface area contributed by atoms with Crippen molar-refractivity contribution in [1.82, 2.24) is 0 Å². The molecule has 0 aromatic heterocycles. The molecule has 1 saturated carbocycles. The zero-order chi connectivity index (χ0) is 37.3. The maximum absolute atomic E-state index is 14.8. The molecule has 2 heterocycles. The molecule has 8 nitrogen and oxygen atoms in total. The van der Waals surface area contributed by atoms with Crippen molar-refractivity contribution in [2.45, 2.75) is 155 Å². The number of allylic oxidation sites excluding steroid dienone is 2. The molecule has 2 fully saturated rings. The average molecular weight is 719 g/mol. The number of carbonyl (C=O) groups excluding carboxylic acids is 4. The predicted octanol–water partition coefficient (Wildman–Crippen LogP) is 7.35. The van der Waals surface area contributed by atoms with E-state index in [1.807, 2.05) is 47.6 Å². The number of halogens is 1. The first-order valence-corrected chi connectivity index (χ1v) is 19.5. The smallest absolute Gasteiger partial charge is 0.313 e. The maximum Gasteiger partial charge on any atom is 0.313 e. The van der Waals surface area contributed by atoms with Crippen LogP contribution in [0.15, 0.2) is 22.8 Å². The molecule has 9 heteroatoms. The molecule has 2 bridgehead atoms. The number of aliphatic hydroxyl groups excluding tert-OH is 1. The lowest BCUT2D eigenvalue weighted by molar-refractivity contribution is -0.149. The molecular weight excluding hydrogens is 656 g/mol. The predicted molar refractivity (Wildman–Crippen MR) is 194 cm³/mol. The van der Waals surface area contributed by atoms with Crippen LogP contribution in [0.4, 0.5) is 0 Å². The summed E-state index contributed by atoms with van der Waals surface area (Å²) in [5.41, 5.74) is 0.0224. The number of fused-ring (bicyclic) bond motifs is 5. The van der Waals surface area contributed by atoms with Crippen LogP contribution in [0.5, 0.6) is 0 Å². The molecule has 12 atom stereocenters. The Morgan fingerprint density at radius 2 is 1.68 bits per heavy atom. The monoisotopic (exact) mass is 718 g/mol. The fourth-order valence-corrected chi connectivity index (χ4v) is 9.79. The van der Waals surface area contributed by atoms with E-state index in [2.05, 4.69) is 0 Å². The molecule has 0 amide bonds. The lowest BCUT2D eigenvalue weighted by atomic mass is 9.58. The molecule has 0 aromatic carbocycles. The lowest BCUT2D eigenvalue weighted by Crippen LogP contribution is -2.49. The van der Waals surface area contributed by atoms with E-state index >= 15 is 0 Å². The van der Waals surface area contributed by atoms with Crippen LogP contribution in [0.1, 0.15) is 126 Å². The van der Waals surface area contributed by atoms with Crippen LogP contribution in [0.25, 0.3) is 0 Å². The van der Waals surface area contributed by atoms with Crippen LogP contribution >= 0.6 is 11.6 Å². The van der Waals surface area contributed by atoms with Crippen molar-refractivity contribution in [1.29, 1.82) is 0 Å². The minimum atomic E-state index is -1.43. The molecule has 2 aliphatic heterocycles. The minimum absolute atomic E-state index is 0.0236. The molecule has 2 aliphatic carbocycles. The number of esters is 1. The van der Waals surface area contributed by atoms with E-state index in [0.29, 0.717) is 43.3 Å². The Kier molecular flexibility index (Phi) is 13.4. The van der Waals surface area contributed by atoms with Gasteiger partial charge in [0.15, 0.2) is 0 Å². The summed E-state index contributed by atoms with van der Waals surface area (Å²) >= 11 is 7.00.